The van der Waals surface area contributed by atoms with Crippen LogP contribution in [-0.2, 0) is 4.79 Å². The van der Waals surface area contributed by atoms with Crippen molar-refractivity contribution in [3.8, 4) is 5.75 Å². The van der Waals surface area contributed by atoms with Crippen LogP contribution in [0.3, 0.4) is 0 Å². The Morgan fingerprint density at radius 3 is 2.09 bits per heavy atom. The number of hydrogen-bond donors (Lipinski definition) is 3. The van der Waals surface area contributed by atoms with E-state index < -0.39 is 17.9 Å². The molecule has 3 amide bonds. The first-order valence-corrected chi connectivity index (χ1v) is 11.4. The quantitative estimate of drug-likeness (QED) is 0.402. The minimum Gasteiger partial charge on any atom is -0.480 e. The second-order valence-corrected chi connectivity index (χ2v) is 8.89. The molecule has 0 aliphatic rings. The molecule has 3 N–H and O–H groups in total. The van der Waals surface area contributed by atoms with Crippen molar-refractivity contribution in [2.75, 3.05) is 5.32 Å². The van der Waals surface area contributed by atoms with Gasteiger partial charge in [-0.3, -0.25) is 25.2 Å². The van der Waals surface area contributed by atoms with Gasteiger partial charge in [0.2, 0.25) is 0 Å². The third kappa shape index (κ3) is 6.45. The molecule has 1 unspecified atom stereocenters. The van der Waals surface area contributed by atoms with Crippen molar-refractivity contribution in [3.05, 3.63) is 93.0 Å². The zero-order valence-electron chi connectivity index (χ0n) is 19.4. The predicted molar refractivity (Wildman–Crippen MR) is 135 cm³/mol. The van der Waals surface area contributed by atoms with Crippen molar-refractivity contribution in [1.29, 1.82) is 0 Å². The highest BCUT2D eigenvalue weighted by Gasteiger charge is 2.18. The van der Waals surface area contributed by atoms with Crippen molar-refractivity contribution < 1.29 is 19.1 Å². The first-order valence-electron chi connectivity index (χ1n) is 10.7. The number of carbonyl (C=O) groups excluding carboxylic acids is 3. The van der Waals surface area contributed by atoms with Crippen molar-refractivity contribution in [2.24, 2.45) is 0 Å². The van der Waals surface area contributed by atoms with E-state index in [2.05, 4.69) is 32.1 Å². The maximum atomic E-state index is 12.4. The van der Waals surface area contributed by atoms with Crippen LogP contribution in [0.25, 0.3) is 0 Å². The van der Waals surface area contributed by atoms with Gasteiger partial charge in [-0.2, -0.15) is 0 Å². The highest BCUT2D eigenvalue weighted by atomic mass is 79.9. The summed E-state index contributed by atoms with van der Waals surface area (Å²) in [6.07, 6.45) is -0.821. The summed E-state index contributed by atoms with van der Waals surface area (Å²) in [5.74, 6) is -0.593. The van der Waals surface area contributed by atoms with E-state index in [1.54, 1.807) is 43.3 Å². The average Bonchev–Trinajstić information content (AvgIpc) is 2.79. The number of hydrazine groups is 1. The number of anilines is 1. The van der Waals surface area contributed by atoms with Crippen LogP contribution >= 0.6 is 15.9 Å². The first kappa shape index (κ1) is 25.0. The number of amides is 3. The Morgan fingerprint density at radius 1 is 0.824 bits per heavy atom. The molecule has 0 bridgehead atoms. The molecule has 3 rings (SSSR count). The Balaban J connectivity index is 1.53. The molecule has 34 heavy (non-hydrogen) atoms. The van der Waals surface area contributed by atoms with Gasteiger partial charge in [-0.25, -0.2) is 0 Å². The van der Waals surface area contributed by atoms with E-state index in [4.69, 9.17) is 4.74 Å². The van der Waals surface area contributed by atoms with Gasteiger partial charge in [0.15, 0.2) is 6.10 Å². The summed E-state index contributed by atoms with van der Waals surface area (Å²) in [4.78, 5) is 37.2. The molecule has 0 aliphatic heterocycles. The van der Waals surface area contributed by atoms with Crippen LogP contribution in [0.1, 0.15) is 44.3 Å². The lowest BCUT2D eigenvalue weighted by Crippen LogP contribution is -2.47. The number of rotatable bonds is 6. The molecule has 0 spiro atoms. The van der Waals surface area contributed by atoms with Crippen LogP contribution in [-0.4, -0.2) is 23.8 Å². The molecule has 0 fully saturated rings. The predicted octanol–water partition coefficient (Wildman–Crippen LogP) is 4.86. The normalized spacial score (nSPS) is 11.3. The van der Waals surface area contributed by atoms with Gasteiger partial charge in [-0.05, 0) is 87.4 Å². The zero-order chi connectivity index (χ0) is 24.8. The SMILES string of the molecule is Cc1cccc(C(=O)Nc2ccc(C(=O)NNC(=O)C(C)Oc3c(C)cc(Br)cc3C)cc2)c1. The number of halogens is 1. The Morgan fingerprint density at radius 2 is 1.47 bits per heavy atom. The van der Waals surface area contributed by atoms with Crippen molar-refractivity contribution >= 4 is 39.3 Å². The topological polar surface area (TPSA) is 96.5 Å². The molecule has 176 valence electrons. The Hall–Kier alpha value is -3.65. The number of ether oxygens (including phenoxy) is 1. The lowest BCUT2D eigenvalue weighted by atomic mass is 10.1. The highest BCUT2D eigenvalue weighted by molar-refractivity contribution is 9.10. The number of aryl methyl sites for hydroxylation is 3. The molecule has 3 aromatic carbocycles. The molecule has 0 heterocycles. The summed E-state index contributed by atoms with van der Waals surface area (Å²) in [6.45, 7) is 7.31. The Bertz CT molecular complexity index is 1200. The summed E-state index contributed by atoms with van der Waals surface area (Å²) in [7, 11) is 0. The van der Waals surface area contributed by atoms with E-state index in [0.29, 0.717) is 22.6 Å². The van der Waals surface area contributed by atoms with Crippen molar-refractivity contribution in [2.45, 2.75) is 33.8 Å². The lowest BCUT2D eigenvalue weighted by molar-refractivity contribution is -0.128. The van der Waals surface area contributed by atoms with E-state index in [1.807, 2.05) is 45.0 Å². The van der Waals surface area contributed by atoms with Gasteiger partial charge >= 0.3 is 0 Å². The number of carbonyl (C=O) groups is 3. The zero-order valence-corrected chi connectivity index (χ0v) is 20.9. The van der Waals surface area contributed by atoms with E-state index >= 15 is 0 Å². The maximum Gasteiger partial charge on any atom is 0.279 e. The third-order valence-corrected chi connectivity index (χ3v) is 5.53. The summed E-state index contributed by atoms with van der Waals surface area (Å²) < 4.78 is 6.73. The molecule has 0 radical (unpaired) electrons. The molecular formula is C26H26BrN3O4. The van der Waals surface area contributed by atoms with Gasteiger partial charge in [0, 0.05) is 21.3 Å². The van der Waals surface area contributed by atoms with Crippen LogP contribution in [0.15, 0.2) is 65.1 Å². The highest BCUT2D eigenvalue weighted by Crippen LogP contribution is 2.28. The Labute approximate surface area is 207 Å². The molecule has 0 saturated carbocycles. The first-order chi connectivity index (χ1) is 16.1. The summed E-state index contributed by atoms with van der Waals surface area (Å²) >= 11 is 3.43. The van der Waals surface area contributed by atoms with Crippen LogP contribution in [0, 0.1) is 20.8 Å². The standard InChI is InChI=1S/C26H26BrN3O4/c1-15-6-5-7-20(12-15)25(32)28-22-10-8-19(9-11-22)26(33)30-29-24(31)18(4)34-23-16(2)13-21(27)14-17(23)3/h5-14,18H,1-4H3,(H,28,32)(H,29,31)(H,30,33). The number of benzene rings is 3. The summed E-state index contributed by atoms with van der Waals surface area (Å²) in [6, 6.07) is 17.4. The molecule has 0 aliphatic carbocycles. The summed E-state index contributed by atoms with van der Waals surface area (Å²) in [5, 5.41) is 2.79. The van der Waals surface area contributed by atoms with Crippen LogP contribution in [0.5, 0.6) is 5.75 Å². The molecule has 8 heteroatoms. The van der Waals surface area contributed by atoms with Gasteiger partial charge in [0.05, 0.1) is 0 Å². The third-order valence-electron chi connectivity index (χ3n) is 5.07. The fraction of sp³-hybridized carbons (Fsp3) is 0.192. The Kier molecular flexibility index (Phi) is 8.07. The smallest absolute Gasteiger partial charge is 0.279 e. The van der Waals surface area contributed by atoms with Gasteiger partial charge in [0.1, 0.15) is 5.75 Å². The maximum absolute atomic E-state index is 12.4. The molecule has 1 atom stereocenters. The fourth-order valence-electron chi connectivity index (χ4n) is 3.30. The van der Waals surface area contributed by atoms with Gasteiger partial charge < -0.3 is 10.1 Å². The second-order valence-electron chi connectivity index (χ2n) is 7.97. The van der Waals surface area contributed by atoms with E-state index in [9.17, 15) is 14.4 Å². The van der Waals surface area contributed by atoms with E-state index in [0.717, 1.165) is 21.2 Å². The second kappa shape index (κ2) is 11.0. The largest absolute Gasteiger partial charge is 0.480 e. The molecular weight excluding hydrogens is 498 g/mol. The minimum absolute atomic E-state index is 0.238. The number of nitrogens with one attached hydrogen (secondary N) is 3. The fourth-order valence-corrected chi connectivity index (χ4v) is 3.99. The van der Waals surface area contributed by atoms with E-state index in [-0.39, 0.29) is 5.91 Å². The molecule has 0 aromatic heterocycles. The monoisotopic (exact) mass is 523 g/mol. The molecule has 3 aromatic rings. The molecule has 7 nitrogen and oxygen atoms in total. The lowest BCUT2D eigenvalue weighted by Gasteiger charge is -2.18. The van der Waals surface area contributed by atoms with Crippen LogP contribution in [0.2, 0.25) is 0 Å². The molecule has 0 saturated heterocycles. The van der Waals surface area contributed by atoms with Gasteiger partial charge in [0.25, 0.3) is 17.7 Å². The van der Waals surface area contributed by atoms with Crippen LogP contribution < -0.4 is 20.9 Å². The van der Waals surface area contributed by atoms with Crippen LogP contribution in [0.4, 0.5) is 5.69 Å². The van der Waals surface area contributed by atoms with Crippen molar-refractivity contribution in [1.82, 2.24) is 10.9 Å². The van der Waals surface area contributed by atoms with Crippen molar-refractivity contribution in [3.63, 3.8) is 0 Å². The minimum atomic E-state index is -0.821. The summed E-state index contributed by atoms with van der Waals surface area (Å²) in [5.41, 5.74) is 8.96. The average molecular weight is 524 g/mol. The number of hydrogen-bond acceptors (Lipinski definition) is 4. The van der Waals surface area contributed by atoms with E-state index in [1.165, 1.54) is 0 Å². The van der Waals surface area contributed by atoms with Gasteiger partial charge in [-0.1, -0.05) is 33.6 Å². The van der Waals surface area contributed by atoms with Gasteiger partial charge in [-0.15, -0.1) is 0 Å².